The first kappa shape index (κ1) is 18.5. The van der Waals surface area contributed by atoms with Crippen molar-refractivity contribution in [1.82, 2.24) is 5.32 Å². The smallest absolute Gasteiger partial charge is 0.407 e. The zero-order chi connectivity index (χ0) is 19.5. The molecule has 5 nitrogen and oxygen atoms in total. The summed E-state index contributed by atoms with van der Waals surface area (Å²) in [7, 11) is 0. The van der Waals surface area contributed by atoms with Crippen molar-refractivity contribution in [3.8, 4) is 11.1 Å². The van der Waals surface area contributed by atoms with E-state index < -0.39 is 12.1 Å². The van der Waals surface area contributed by atoms with Crippen molar-refractivity contribution < 1.29 is 19.4 Å². The molecule has 2 aromatic rings. The molecule has 2 aromatic carbocycles. The first-order valence-corrected chi connectivity index (χ1v) is 9.95. The number of carboxylic acid groups (broad SMARTS) is 1. The molecule has 2 aliphatic rings. The third-order valence-corrected chi connectivity index (χ3v) is 5.71. The van der Waals surface area contributed by atoms with Crippen LogP contribution in [-0.4, -0.2) is 29.8 Å². The molecule has 146 valence electrons. The highest BCUT2D eigenvalue weighted by Crippen LogP contribution is 2.44. The summed E-state index contributed by atoms with van der Waals surface area (Å²) in [5.41, 5.74) is 4.68. The fourth-order valence-electron chi connectivity index (χ4n) is 4.09. The maximum absolute atomic E-state index is 12.3. The van der Waals surface area contributed by atoms with E-state index in [9.17, 15) is 9.59 Å². The molecule has 0 aromatic heterocycles. The summed E-state index contributed by atoms with van der Waals surface area (Å²) in [6.45, 7) is 0.238. The minimum atomic E-state index is -0.903. The number of carbonyl (C=O) groups excluding carboxylic acids is 1. The van der Waals surface area contributed by atoms with Crippen molar-refractivity contribution in [2.75, 3.05) is 6.61 Å². The molecule has 0 saturated heterocycles. The average molecular weight is 379 g/mol. The number of rotatable bonds is 8. The number of aliphatic carboxylic acids is 1. The van der Waals surface area contributed by atoms with Gasteiger partial charge in [0, 0.05) is 12.0 Å². The highest BCUT2D eigenvalue weighted by Gasteiger charge is 2.29. The molecule has 0 heterocycles. The number of carbonyl (C=O) groups is 2. The minimum absolute atomic E-state index is 0.00235. The normalized spacial score (nSPS) is 16.1. The third kappa shape index (κ3) is 4.19. The van der Waals surface area contributed by atoms with E-state index in [1.165, 1.54) is 24.0 Å². The second kappa shape index (κ2) is 8.05. The van der Waals surface area contributed by atoms with Crippen LogP contribution in [0.2, 0.25) is 0 Å². The first-order chi connectivity index (χ1) is 13.6. The zero-order valence-corrected chi connectivity index (χ0v) is 15.8. The van der Waals surface area contributed by atoms with Crippen molar-refractivity contribution in [3.63, 3.8) is 0 Å². The van der Waals surface area contributed by atoms with Crippen LogP contribution in [0.25, 0.3) is 11.1 Å². The molecule has 0 aliphatic heterocycles. The molecule has 2 N–H and O–H groups in total. The second-order valence-electron chi connectivity index (χ2n) is 7.79. The number of benzene rings is 2. The minimum Gasteiger partial charge on any atom is -0.481 e. The van der Waals surface area contributed by atoms with Crippen molar-refractivity contribution in [2.45, 2.75) is 44.1 Å². The summed E-state index contributed by atoms with van der Waals surface area (Å²) in [6, 6.07) is 16.0. The van der Waals surface area contributed by atoms with Gasteiger partial charge < -0.3 is 15.2 Å². The number of hydrogen-bond acceptors (Lipinski definition) is 3. The summed E-state index contributed by atoms with van der Waals surface area (Å²) in [6.07, 6.45) is 3.46. The highest BCUT2D eigenvalue weighted by atomic mass is 16.5. The van der Waals surface area contributed by atoms with E-state index in [0.717, 1.165) is 17.5 Å². The quantitative estimate of drug-likeness (QED) is 0.705. The van der Waals surface area contributed by atoms with E-state index in [0.29, 0.717) is 12.3 Å². The topological polar surface area (TPSA) is 75.6 Å². The monoisotopic (exact) mass is 379 g/mol. The lowest BCUT2D eigenvalue weighted by molar-refractivity contribution is -0.137. The van der Waals surface area contributed by atoms with Crippen molar-refractivity contribution >= 4 is 12.1 Å². The maximum atomic E-state index is 12.3. The average Bonchev–Trinajstić information content (AvgIpc) is 3.46. The van der Waals surface area contributed by atoms with Gasteiger partial charge in [0.15, 0.2) is 0 Å². The van der Waals surface area contributed by atoms with Gasteiger partial charge >= 0.3 is 12.1 Å². The van der Waals surface area contributed by atoms with Crippen LogP contribution in [0.4, 0.5) is 4.79 Å². The summed E-state index contributed by atoms with van der Waals surface area (Å²) in [4.78, 5) is 23.5. The van der Waals surface area contributed by atoms with Crippen molar-refractivity contribution in [2.24, 2.45) is 5.92 Å². The number of nitrogens with one attached hydrogen (secondary N) is 1. The lowest BCUT2D eigenvalue weighted by atomic mass is 9.98. The number of amides is 1. The zero-order valence-electron chi connectivity index (χ0n) is 15.8. The number of hydrogen-bond donors (Lipinski definition) is 2. The van der Waals surface area contributed by atoms with Crippen LogP contribution >= 0.6 is 0 Å². The van der Waals surface area contributed by atoms with Gasteiger partial charge in [0.25, 0.3) is 0 Å². The molecule has 0 bridgehead atoms. The van der Waals surface area contributed by atoms with Gasteiger partial charge in [-0.15, -0.1) is 0 Å². The van der Waals surface area contributed by atoms with Crippen LogP contribution in [0, 0.1) is 5.92 Å². The van der Waals surface area contributed by atoms with Crippen LogP contribution in [0.5, 0.6) is 0 Å². The van der Waals surface area contributed by atoms with Crippen LogP contribution < -0.4 is 5.32 Å². The fourth-order valence-corrected chi connectivity index (χ4v) is 4.09. The summed E-state index contributed by atoms with van der Waals surface area (Å²) < 4.78 is 5.53. The Morgan fingerprint density at radius 3 is 2.21 bits per heavy atom. The van der Waals surface area contributed by atoms with Crippen LogP contribution in [0.15, 0.2) is 48.5 Å². The van der Waals surface area contributed by atoms with E-state index >= 15 is 0 Å². The number of ether oxygens (including phenoxy) is 1. The van der Waals surface area contributed by atoms with Crippen molar-refractivity contribution in [3.05, 3.63) is 59.7 Å². The van der Waals surface area contributed by atoms with Crippen molar-refractivity contribution in [1.29, 1.82) is 0 Å². The predicted molar refractivity (Wildman–Crippen MR) is 106 cm³/mol. The Balaban J connectivity index is 1.39. The molecule has 0 spiro atoms. The van der Waals surface area contributed by atoms with E-state index in [4.69, 9.17) is 9.84 Å². The Hall–Kier alpha value is -2.82. The molecule has 0 radical (unpaired) electrons. The number of fused-ring (bicyclic) bond motifs is 3. The van der Waals surface area contributed by atoms with Gasteiger partial charge in [0.05, 0.1) is 6.42 Å². The van der Waals surface area contributed by atoms with Gasteiger partial charge in [0.2, 0.25) is 0 Å². The lowest BCUT2D eigenvalue weighted by Gasteiger charge is -2.19. The Morgan fingerprint density at radius 2 is 1.64 bits per heavy atom. The molecular weight excluding hydrogens is 354 g/mol. The standard InChI is InChI=1S/C23H25NO4/c25-22(26)13-16(12-11-15-9-10-15)24-23(27)28-14-21-19-7-3-1-5-17(19)18-6-2-4-8-20(18)21/h1-8,15-16,21H,9-14H2,(H,24,27)(H,25,26). The molecule has 1 unspecified atom stereocenters. The van der Waals surface area contributed by atoms with Crippen LogP contribution in [0.3, 0.4) is 0 Å². The van der Waals surface area contributed by atoms with E-state index in [-0.39, 0.29) is 25.0 Å². The van der Waals surface area contributed by atoms with Crippen LogP contribution in [0.1, 0.15) is 49.1 Å². The summed E-state index contributed by atoms with van der Waals surface area (Å²) in [5.74, 6) is -0.206. The Labute approximate surface area is 164 Å². The van der Waals surface area contributed by atoms with Gasteiger partial charge in [-0.3, -0.25) is 4.79 Å². The predicted octanol–water partition coefficient (Wildman–Crippen LogP) is 4.56. The SMILES string of the molecule is O=C(O)CC(CCC1CC1)NC(=O)OCC1c2ccccc2-c2ccccc21. The van der Waals surface area contributed by atoms with Gasteiger partial charge in [-0.25, -0.2) is 4.79 Å². The van der Waals surface area contributed by atoms with Gasteiger partial charge in [-0.2, -0.15) is 0 Å². The maximum Gasteiger partial charge on any atom is 0.407 e. The molecule has 4 rings (SSSR count). The third-order valence-electron chi connectivity index (χ3n) is 5.71. The largest absolute Gasteiger partial charge is 0.481 e. The Morgan fingerprint density at radius 1 is 1.04 bits per heavy atom. The second-order valence-corrected chi connectivity index (χ2v) is 7.79. The van der Waals surface area contributed by atoms with E-state index in [1.54, 1.807) is 0 Å². The highest BCUT2D eigenvalue weighted by molar-refractivity contribution is 5.79. The number of carboxylic acids is 1. The molecule has 1 amide bonds. The lowest BCUT2D eigenvalue weighted by Crippen LogP contribution is -2.37. The fraction of sp³-hybridized carbons (Fsp3) is 0.391. The van der Waals surface area contributed by atoms with Gasteiger partial charge in [-0.05, 0) is 41.0 Å². The molecular formula is C23H25NO4. The van der Waals surface area contributed by atoms with Gasteiger partial charge in [-0.1, -0.05) is 61.4 Å². The molecule has 1 saturated carbocycles. The Kier molecular flexibility index (Phi) is 5.33. The Bertz CT molecular complexity index is 829. The molecule has 1 fully saturated rings. The summed E-state index contributed by atoms with van der Waals surface area (Å²) >= 11 is 0. The number of alkyl carbamates (subject to hydrolysis) is 1. The molecule has 2 aliphatic carbocycles. The van der Waals surface area contributed by atoms with E-state index in [2.05, 4.69) is 29.6 Å². The summed E-state index contributed by atoms with van der Waals surface area (Å²) in [5, 5.41) is 11.9. The molecule has 5 heteroatoms. The van der Waals surface area contributed by atoms with E-state index in [1.807, 2.05) is 24.3 Å². The molecule has 28 heavy (non-hydrogen) atoms. The first-order valence-electron chi connectivity index (χ1n) is 9.95. The van der Waals surface area contributed by atoms with Gasteiger partial charge in [0.1, 0.15) is 6.61 Å². The van der Waals surface area contributed by atoms with Crippen LogP contribution in [-0.2, 0) is 9.53 Å². The molecule has 1 atom stereocenters.